The molecule has 0 aliphatic heterocycles. The van der Waals surface area contributed by atoms with Crippen LogP contribution in [0.4, 0.5) is 11.4 Å². The average molecular weight is 380 g/mol. The number of nitrogens with zero attached hydrogens (tertiary/aromatic N) is 2. The molecule has 9 nitrogen and oxygen atoms in total. The molecule has 2 N–H and O–H groups in total. The van der Waals surface area contributed by atoms with Crippen LogP contribution in [0.25, 0.3) is 0 Å². The van der Waals surface area contributed by atoms with Crippen LogP contribution in [0.5, 0.6) is 0 Å². The highest BCUT2D eigenvalue weighted by Crippen LogP contribution is 2.22. The molecule has 0 saturated carbocycles. The lowest BCUT2D eigenvalue weighted by Gasteiger charge is -2.16. The summed E-state index contributed by atoms with van der Waals surface area (Å²) in [6.45, 7) is 4.00. The van der Waals surface area contributed by atoms with E-state index in [0.29, 0.717) is 11.4 Å². The Balaban J connectivity index is 2.09. The Morgan fingerprint density at radius 2 is 1.81 bits per heavy atom. The molecule has 0 radical (unpaired) electrons. The molecule has 0 aliphatic carbocycles. The number of rotatable bonds is 6. The Bertz CT molecular complexity index is 916. The number of carbonyl (C=O) groups is 2. The maximum atomic E-state index is 12.6. The molecule has 2 amide bonds. The van der Waals surface area contributed by atoms with Crippen molar-refractivity contribution in [1.29, 1.82) is 0 Å². The van der Waals surface area contributed by atoms with Gasteiger partial charge in [0.1, 0.15) is 10.6 Å². The Morgan fingerprint density at radius 1 is 1.19 bits per heavy atom. The van der Waals surface area contributed by atoms with Gasteiger partial charge in [-0.3, -0.25) is 9.59 Å². The predicted molar refractivity (Wildman–Crippen MR) is 95.2 cm³/mol. The molecule has 26 heavy (non-hydrogen) atoms. The minimum Gasteiger partial charge on any atom is -0.360 e. The molecule has 0 aliphatic rings. The summed E-state index contributed by atoms with van der Waals surface area (Å²) < 4.78 is 31.0. The minimum absolute atomic E-state index is 0.0412. The van der Waals surface area contributed by atoms with Gasteiger partial charge in [-0.1, -0.05) is 11.2 Å². The molecule has 0 fully saturated rings. The molecule has 0 bridgehead atoms. The number of hydrogen-bond donors (Lipinski definition) is 2. The molecule has 0 spiro atoms. The van der Waals surface area contributed by atoms with Crippen molar-refractivity contribution in [3.63, 3.8) is 0 Å². The summed E-state index contributed by atoms with van der Waals surface area (Å²) in [4.78, 5) is 23.2. The lowest BCUT2D eigenvalue weighted by molar-refractivity contribution is -0.116. The third-order valence-electron chi connectivity index (χ3n) is 3.47. The first-order chi connectivity index (χ1) is 12.1. The second kappa shape index (κ2) is 7.67. The van der Waals surface area contributed by atoms with Crippen LogP contribution in [0.2, 0.25) is 0 Å². The zero-order valence-corrected chi connectivity index (χ0v) is 15.7. The first kappa shape index (κ1) is 19.6. The van der Waals surface area contributed by atoms with E-state index in [2.05, 4.69) is 15.8 Å². The molecule has 10 heteroatoms. The Morgan fingerprint density at radius 3 is 2.35 bits per heavy atom. The van der Waals surface area contributed by atoms with Crippen molar-refractivity contribution in [1.82, 2.24) is 9.46 Å². The van der Waals surface area contributed by atoms with Gasteiger partial charge in [-0.05, 0) is 32.0 Å². The second-order valence-corrected chi connectivity index (χ2v) is 7.71. The standard InChI is InChI=1S/C16H20N4O5S/c1-10-16(11(2)25-19-10)26(23,24)20(4)9-15(22)18-14-7-5-6-13(8-14)17-12(3)21/h5-8H,9H2,1-4H3,(H,17,21)(H,18,22). The maximum absolute atomic E-state index is 12.6. The minimum atomic E-state index is -3.91. The first-order valence-corrected chi connectivity index (χ1v) is 9.12. The summed E-state index contributed by atoms with van der Waals surface area (Å²) in [6, 6.07) is 6.53. The van der Waals surface area contributed by atoms with E-state index in [1.807, 2.05) is 0 Å². The number of hydrogen-bond acceptors (Lipinski definition) is 6. The molecule has 0 unspecified atom stereocenters. The SMILES string of the molecule is CC(=O)Nc1cccc(NC(=O)CN(C)S(=O)(=O)c2c(C)noc2C)c1. The van der Waals surface area contributed by atoms with Crippen molar-refractivity contribution >= 4 is 33.2 Å². The third-order valence-corrected chi connectivity index (χ3v) is 5.52. The van der Waals surface area contributed by atoms with Crippen molar-refractivity contribution in [2.24, 2.45) is 0 Å². The number of anilines is 2. The van der Waals surface area contributed by atoms with Gasteiger partial charge in [0.05, 0.1) is 6.54 Å². The van der Waals surface area contributed by atoms with Crippen LogP contribution < -0.4 is 10.6 Å². The third kappa shape index (κ3) is 4.46. The molecule has 1 aromatic heterocycles. The van der Waals surface area contributed by atoms with Crippen LogP contribution in [-0.2, 0) is 19.6 Å². The maximum Gasteiger partial charge on any atom is 0.248 e. The quantitative estimate of drug-likeness (QED) is 0.783. The van der Waals surface area contributed by atoms with Gasteiger partial charge in [-0.25, -0.2) is 8.42 Å². The molecular formula is C16H20N4O5S. The van der Waals surface area contributed by atoms with Gasteiger partial charge in [-0.15, -0.1) is 0 Å². The van der Waals surface area contributed by atoms with E-state index < -0.39 is 22.5 Å². The zero-order chi connectivity index (χ0) is 19.5. The van der Waals surface area contributed by atoms with Crippen LogP contribution >= 0.6 is 0 Å². The van der Waals surface area contributed by atoms with Gasteiger partial charge in [-0.2, -0.15) is 4.31 Å². The molecule has 0 atom stereocenters. The molecule has 2 rings (SSSR count). The summed E-state index contributed by atoms with van der Waals surface area (Å²) in [5, 5.41) is 8.83. The highest BCUT2D eigenvalue weighted by Gasteiger charge is 2.29. The van der Waals surface area contributed by atoms with Crippen molar-refractivity contribution in [2.75, 3.05) is 24.2 Å². The summed E-state index contributed by atoms with van der Waals surface area (Å²) in [5.74, 6) is -0.598. The van der Waals surface area contributed by atoms with Gasteiger partial charge >= 0.3 is 0 Å². The average Bonchev–Trinajstić information content (AvgIpc) is 2.86. The van der Waals surface area contributed by atoms with Crippen molar-refractivity contribution in [3.8, 4) is 0 Å². The summed E-state index contributed by atoms with van der Waals surface area (Å²) in [6.07, 6.45) is 0. The van der Waals surface area contributed by atoms with E-state index in [1.54, 1.807) is 24.3 Å². The van der Waals surface area contributed by atoms with Gasteiger partial charge in [0.25, 0.3) is 0 Å². The van der Waals surface area contributed by atoms with E-state index in [-0.39, 0.29) is 22.3 Å². The predicted octanol–water partition coefficient (Wildman–Crippen LogP) is 1.51. The van der Waals surface area contributed by atoms with Crippen LogP contribution in [-0.4, -0.2) is 43.3 Å². The van der Waals surface area contributed by atoms with E-state index in [4.69, 9.17) is 4.52 Å². The number of sulfonamides is 1. The molecule has 140 valence electrons. The molecular weight excluding hydrogens is 360 g/mol. The van der Waals surface area contributed by atoms with Crippen molar-refractivity contribution < 1.29 is 22.5 Å². The molecule has 0 saturated heterocycles. The molecule has 1 heterocycles. The zero-order valence-electron chi connectivity index (χ0n) is 14.9. The number of aryl methyl sites for hydroxylation is 2. The largest absolute Gasteiger partial charge is 0.360 e. The number of amides is 2. The van der Waals surface area contributed by atoms with E-state index in [9.17, 15) is 18.0 Å². The second-order valence-electron chi connectivity index (χ2n) is 5.72. The van der Waals surface area contributed by atoms with Crippen LogP contribution in [0, 0.1) is 13.8 Å². The summed E-state index contributed by atoms with van der Waals surface area (Å²) in [7, 11) is -2.61. The van der Waals surface area contributed by atoms with Crippen LogP contribution in [0.3, 0.4) is 0 Å². The fourth-order valence-corrected chi connectivity index (χ4v) is 3.77. The lowest BCUT2D eigenvalue weighted by atomic mass is 10.2. The fraction of sp³-hybridized carbons (Fsp3) is 0.312. The highest BCUT2D eigenvalue weighted by molar-refractivity contribution is 7.89. The Labute approximate surface area is 151 Å². The van der Waals surface area contributed by atoms with Gasteiger partial charge in [0.15, 0.2) is 5.76 Å². The fourth-order valence-electron chi connectivity index (χ4n) is 2.36. The van der Waals surface area contributed by atoms with Gasteiger partial charge < -0.3 is 15.2 Å². The number of likely N-dealkylation sites (N-methyl/N-ethyl adjacent to an activating group) is 1. The molecule has 2 aromatic rings. The lowest BCUT2D eigenvalue weighted by Crippen LogP contribution is -2.35. The van der Waals surface area contributed by atoms with E-state index >= 15 is 0 Å². The van der Waals surface area contributed by atoms with Crippen LogP contribution in [0.15, 0.2) is 33.7 Å². The first-order valence-electron chi connectivity index (χ1n) is 7.68. The number of carbonyl (C=O) groups excluding carboxylic acids is 2. The summed E-state index contributed by atoms with van der Waals surface area (Å²) in [5.41, 5.74) is 1.19. The molecule has 1 aromatic carbocycles. The highest BCUT2D eigenvalue weighted by atomic mass is 32.2. The Hall–Kier alpha value is -2.72. The smallest absolute Gasteiger partial charge is 0.248 e. The Kier molecular flexibility index (Phi) is 5.78. The van der Waals surface area contributed by atoms with E-state index in [0.717, 1.165) is 4.31 Å². The van der Waals surface area contributed by atoms with Gasteiger partial charge in [0.2, 0.25) is 21.8 Å². The van der Waals surface area contributed by atoms with Crippen LogP contribution in [0.1, 0.15) is 18.4 Å². The normalized spacial score (nSPS) is 11.4. The topological polar surface area (TPSA) is 122 Å². The number of benzene rings is 1. The number of aromatic nitrogens is 1. The van der Waals surface area contributed by atoms with Gasteiger partial charge in [0, 0.05) is 25.3 Å². The monoisotopic (exact) mass is 380 g/mol. The summed E-state index contributed by atoms with van der Waals surface area (Å²) >= 11 is 0. The number of nitrogens with one attached hydrogen (secondary N) is 2. The van der Waals surface area contributed by atoms with E-state index in [1.165, 1.54) is 27.8 Å². The van der Waals surface area contributed by atoms with Crippen molar-refractivity contribution in [2.45, 2.75) is 25.7 Å². The van der Waals surface area contributed by atoms with Crippen molar-refractivity contribution in [3.05, 3.63) is 35.7 Å².